The summed E-state index contributed by atoms with van der Waals surface area (Å²) in [5, 5.41) is 2.79. The van der Waals surface area contributed by atoms with Gasteiger partial charge in [-0.2, -0.15) is 4.98 Å². The maximum Gasteiger partial charge on any atom is 0.339 e. The van der Waals surface area contributed by atoms with Crippen molar-refractivity contribution in [2.24, 2.45) is 7.05 Å². The Morgan fingerprint density at radius 3 is 2.94 bits per heavy atom. The van der Waals surface area contributed by atoms with E-state index in [2.05, 4.69) is 31.0 Å². The number of H-pyrrole nitrogens is 1. The highest BCUT2D eigenvalue weighted by Crippen LogP contribution is 2.30. The number of rotatable bonds is 2. The van der Waals surface area contributed by atoms with Gasteiger partial charge in [-0.15, -0.1) is 0 Å². The lowest BCUT2D eigenvalue weighted by molar-refractivity contribution is 0.596. The first-order chi connectivity index (χ1) is 8.08. The summed E-state index contributed by atoms with van der Waals surface area (Å²) in [6.07, 6.45) is 3.28. The van der Waals surface area contributed by atoms with Crippen LogP contribution in [0.2, 0.25) is 0 Å². The van der Waals surface area contributed by atoms with Gasteiger partial charge in [0.25, 0.3) is 0 Å². The average molecular weight is 315 g/mol. The van der Waals surface area contributed by atoms with Crippen molar-refractivity contribution >= 4 is 27.7 Å². The molecule has 8 heteroatoms. The van der Waals surface area contributed by atoms with Crippen molar-refractivity contribution in [1.82, 2.24) is 19.7 Å². The number of halogens is 1. The molecule has 0 unspecified atom stereocenters. The summed E-state index contributed by atoms with van der Waals surface area (Å²) in [6.45, 7) is 0. The largest absolute Gasteiger partial charge is 0.339 e. The number of aryl methyl sites for hydroxylation is 1. The minimum Gasteiger partial charge on any atom is -0.265 e. The molecule has 88 valence electrons. The highest BCUT2D eigenvalue weighted by atomic mass is 79.9. The lowest BCUT2D eigenvalue weighted by atomic mass is 10.5. The van der Waals surface area contributed by atoms with Gasteiger partial charge in [0.15, 0.2) is 5.16 Å². The predicted molar refractivity (Wildman–Crippen MR) is 66.2 cm³/mol. The van der Waals surface area contributed by atoms with E-state index in [0.29, 0.717) is 5.16 Å². The standard InChI is InChI=1S/C9H7BrN4O2S/c1-14-9(12-7(15)8(16)13-14)17-6-2-3-11-4-5(6)10/h2-4H,1H3,(H,13,16). The number of pyridine rings is 1. The Kier molecular flexibility index (Phi) is 3.43. The lowest BCUT2D eigenvalue weighted by Crippen LogP contribution is -2.33. The third kappa shape index (κ3) is 2.64. The van der Waals surface area contributed by atoms with Crippen LogP contribution in [0.4, 0.5) is 0 Å². The van der Waals surface area contributed by atoms with Gasteiger partial charge in [0.1, 0.15) is 0 Å². The molecule has 0 fully saturated rings. The zero-order valence-electron chi connectivity index (χ0n) is 8.68. The molecule has 0 amide bonds. The Balaban J connectivity index is 2.44. The Hall–Kier alpha value is -1.41. The van der Waals surface area contributed by atoms with Crippen LogP contribution < -0.4 is 11.1 Å². The van der Waals surface area contributed by atoms with E-state index in [1.165, 1.54) is 16.4 Å². The molecule has 0 saturated heterocycles. The lowest BCUT2D eigenvalue weighted by Gasteiger charge is -2.06. The van der Waals surface area contributed by atoms with Crippen molar-refractivity contribution in [3.05, 3.63) is 43.6 Å². The van der Waals surface area contributed by atoms with Crippen LogP contribution in [0, 0.1) is 0 Å². The summed E-state index contributed by atoms with van der Waals surface area (Å²) in [6, 6.07) is 1.78. The molecule has 0 spiro atoms. The minimum atomic E-state index is -0.796. The van der Waals surface area contributed by atoms with E-state index in [1.54, 1.807) is 25.5 Å². The number of aromatic nitrogens is 4. The fourth-order valence-corrected chi connectivity index (χ4v) is 2.38. The SMILES string of the molecule is Cn1[nH]c(=O)c(=O)nc1Sc1ccncc1Br. The van der Waals surface area contributed by atoms with Crippen LogP contribution in [0.25, 0.3) is 0 Å². The second kappa shape index (κ2) is 4.84. The molecule has 0 aromatic carbocycles. The van der Waals surface area contributed by atoms with E-state index in [9.17, 15) is 9.59 Å². The third-order valence-electron chi connectivity index (χ3n) is 1.88. The van der Waals surface area contributed by atoms with Crippen LogP contribution in [0.15, 0.2) is 42.6 Å². The quantitative estimate of drug-likeness (QED) is 0.828. The molecule has 0 bridgehead atoms. The number of aromatic amines is 1. The van der Waals surface area contributed by atoms with Crippen molar-refractivity contribution < 1.29 is 0 Å². The molecule has 2 aromatic heterocycles. The monoisotopic (exact) mass is 314 g/mol. The summed E-state index contributed by atoms with van der Waals surface area (Å²) in [4.78, 5) is 30.7. The second-order valence-corrected chi connectivity index (χ2v) is 4.97. The fourth-order valence-electron chi connectivity index (χ4n) is 1.10. The van der Waals surface area contributed by atoms with Gasteiger partial charge in [-0.1, -0.05) is 0 Å². The molecule has 0 saturated carbocycles. The van der Waals surface area contributed by atoms with Crippen LogP contribution in [0.1, 0.15) is 0 Å². The highest BCUT2D eigenvalue weighted by Gasteiger charge is 2.08. The maximum absolute atomic E-state index is 11.2. The molecule has 0 aliphatic heterocycles. The normalized spacial score (nSPS) is 10.5. The van der Waals surface area contributed by atoms with Crippen LogP contribution >= 0.6 is 27.7 Å². The van der Waals surface area contributed by atoms with E-state index in [4.69, 9.17) is 0 Å². The molecule has 0 atom stereocenters. The Bertz CT molecular complexity index is 667. The van der Waals surface area contributed by atoms with Gasteiger partial charge in [0.05, 0.1) is 0 Å². The van der Waals surface area contributed by atoms with Crippen molar-refractivity contribution in [2.45, 2.75) is 10.1 Å². The van der Waals surface area contributed by atoms with Gasteiger partial charge in [0.2, 0.25) is 0 Å². The molecule has 0 radical (unpaired) electrons. The Labute approximate surface area is 108 Å². The maximum atomic E-state index is 11.2. The van der Waals surface area contributed by atoms with Gasteiger partial charge in [0, 0.05) is 28.8 Å². The molecular weight excluding hydrogens is 308 g/mol. The summed E-state index contributed by atoms with van der Waals surface area (Å²) in [5.41, 5.74) is -1.53. The molecule has 2 heterocycles. The van der Waals surface area contributed by atoms with E-state index in [0.717, 1.165) is 9.37 Å². The fraction of sp³-hybridized carbons (Fsp3) is 0.111. The summed E-state index contributed by atoms with van der Waals surface area (Å²) >= 11 is 4.60. The van der Waals surface area contributed by atoms with Crippen LogP contribution in [0.3, 0.4) is 0 Å². The minimum absolute atomic E-state index is 0.404. The van der Waals surface area contributed by atoms with Crippen molar-refractivity contribution in [3.8, 4) is 0 Å². The van der Waals surface area contributed by atoms with Crippen molar-refractivity contribution in [1.29, 1.82) is 0 Å². The highest BCUT2D eigenvalue weighted by molar-refractivity contribution is 9.10. The average Bonchev–Trinajstić information content (AvgIpc) is 2.29. The van der Waals surface area contributed by atoms with Crippen LogP contribution in [-0.2, 0) is 7.05 Å². The van der Waals surface area contributed by atoms with E-state index < -0.39 is 11.1 Å². The molecule has 0 aliphatic carbocycles. The van der Waals surface area contributed by atoms with Crippen molar-refractivity contribution in [2.75, 3.05) is 0 Å². The predicted octanol–water partition coefficient (Wildman–Crippen LogP) is 0.777. The molecule has 1 N–H and O–H groups in total. The molecule has 2 rings (SSSR count). The number of hydrogen-bond donors (Lipinski definition) is 1. The van der Waals surface area contributed by atoms with Crippen LogP contribution in [0.5, 0.6) is 0 Å². The van der Waals surface area contributed by atoms with Gasteiger partial charge in [-0.05, 0) is 33.8 Å². The van der Waals surface area contributed by atoms with Crippen LogP contribution in [-0.4, -0.2) is 19.7 Å². The topological polar surface area (TPSA) is 80.6 Å². The molecular formula is C9H7BrN4O2S. The van der Waals surface area contributed by atoms with Gasteiger partial charge in [-0.25, -0.2) is 0 Å². The first-order valence-electron chi connectivity index (χ1n) is 4.52. The molecule has 0 aliphatic rings. The summed E-state index contributed by atoms with van der Waals surface area (Å²) in [5.74, 6) is 0. The zero-order valence-corrected chi connectivity index (χ0v) is 11.1. The summed E-state index contributed by atoms with van der Waals surface area (Å²) < 4.78 is 2.20. The van der Waals surface area contributed by atoms with Gasteiger partial charge in [-0.3, -0.25) is 24.4 Å². The van der Waals surface area contributed by atoms with Gasteiger partial charge < -0.3 is 0 Å². The molecule has 6 nitrogen and oxygen atoms in total. The first-order valence-corrected chi connectivity index (χ1v) is 6.13. The number of hydrogen-bond acceptors (Lipinski definition) is 5. The van der Waals surface area contributed by atoms with Crippen molar-refractivity contribution in [3.63, 3.8) is 0 Å². The first kappa shape index (κ1) is 12.1. The zero-order chi connectivity index (χ0) is 12.4. The van der Waals surface area contributed by atoms with E-state index in [1.807, 2.05) is 0 Å². The van der Waals surface area contributed by atoms with E-state index >= 15 is 0 Å². The number of nitrogens with zero attached hydrogens (tertiary/aromatic N) is 3. The third-order valence-corrected chi connectivity index (χ3v) is 3.90. The van der Waals surface area contributed by atoms with E-state index in [-0.39, 0.29) is 0 Å². The Morgan fingerprint density at radius 2 is 2.24 bits per heavy atom. The molecule has 2 aromatic rings. The number of nitrogens with one attached hydrogen (secondary N) is 1. The summed E-state index contributed by atoms with van der Waals surface area (Å²) in [7, 11) is 1.62. The second-order valence-electron chi connectivity index (χ2n) is 3.11. The Morgan fingerprint density at radius 1 is 1.47 bits per heavy atom. The molecule has 17 heavy (non-hydrogen) atoms. The van der Waals surface area contributed by atoms with Gasteiger partial charge >= 0.3 is 11.1 Å². The smallest absolute Gasteiger partial charge is 0.265 e.